The summed E-state index contributed by atoms with van der Waals surface area (Å²) >= 11 is 6.44. The lowest BCUT2D eigenvalue weighted by Crippen LogP contribution is -2.17. The molecule has 0 amide bonds. The number of nitrogens with zero attached hydrogens (tertiary/aromatic N) is 3. The molecule has 0 unspecified atom stereocenters. The summed E-state index contributed by atoms with van der Waals surface area (Å²) in [5, 5.41) is 9.16. The van der Waals surface area contributed by atoms with E-state index in [0.29, 0.717) is 10.6 Å². The molecule has 1 atom stereocenters. The number of carbonyl (C=O) groups excluding carboxylic acids is 1. The van der Waals surface area contributed by atoms with Crippen molar-refractivity contribution in [1.29, 1.82) is 0 Å². The van der Waals surface area contributed by atoms with Gasteiger partial charge in [-0.25, -0.2) is 4.68 Å². The molecule has 0 aliphatic carbocycles. The first-order valence-corrected chi connectivity index (χ1v) is 8.74. The predicted octanol–water partition coefficient (Wildman–Crippen LogP) is 4.95. The van der Waals surface area contributed by atoms with Gasteiger partial charge in [0.25, 0.3) is 0 Å². The smallest absolute Gasteiger partial charge is 0.165 e. The lowest BCUT2D eigenvalue weighted by Gasteiger charge is -2.19. The summed E-state index contributed by atoms with van der Waals surface area (Å²) in [6.45, 7) is 0. The van der Waals surface area contributed by atoms with Gasteiger partial charge >= 0.3 is 0 Å². The number of halogens is 1. The maximum atomic E-state index is 12.9. The average molecular weight is 362 g/mol. The molecule has 1 heterocycles. The molecular weight excluding hydrogens is 346 g/mol. The van der Waals surface area contributed by atoms with Crippen molar-refractivity contribution in [2.75, 3.05) is 0 Å². The van der Waals surface area contributed by atoms with Crippen LogP contribution < -0.4 is 0 Å². The van der Waals surface area contributed by atoms with Gasteiger partial charge in [0.1, 0.15) is 5.52 Å². The molecule has 0 aliphatic rings. The van der Waals surface area contributed by atoms with Crippen LogP contribution in [0, 0.1) is 0 Å². The van der Waals surface area contributed by atoms with Crippen LogP contribution in [-0.4, -0.2) is 20.8 Å². The molecule has 3 aromatic carbocycles. The standard InChI is InChI=1S/C21H16ClN3O/c22-17-11-5-4-10-16(17)20(14-21(26)15-8-2-1-3-9-15)25-19-13-7-6-12-18(19)23-24-25/h1-13,20H,14H2/t20-/m1/s1. The van der Waals surface area contributed by atoms with Crippen LogP contribution in [0.3, 0.4) is 0 Å². The van der Waals surface area contributed by atoms with Gasteiger partial charge in [0.05, 0.1) is 11.6 Å². The highest BCUT2D eigenvalue weighted by molar-refractivity contribution is 6.31. The molecule has 128 valence electrons. The number of para-hydroxylation sites is 1. The summed E-state index contributed by atoms with van der Waals surface area (Å²) in [7, 11) is 0. The maximum Gasteiger partial charge on any atom is 0.165 e. The van der Waals surface area contributed by atoms with Crippen LogP contribution in [0.4, 0.5) is 0 Å². The van der Waals surface area contributed by atoms with Gasteiger partial charge in [0, 0.05) is 17.0 Å². The van der Waals surface area contributed by atoms with Crippen LogP contribution in [-0.2, 0) is 0 Å². The lowest BCUT2D eigenvalue weighted by atomic mass is 9.97. The van der Waals surface area contributed by atoms with Gasteiger partial charge in [-0.1, -0.05) is 77.5 Å². The van der Waals surface area contributed by atoms with Gasteiger partial charge < -0.3 is 0 Å². The summed E-state index contributed by atoms with van der Waals surface area (Å²) in [4.78, 5) is 12.9. The van der Waals surface area contributed by atoms with E-state index in [4.69, 9.17) is 11.6 Å². The molecule has 0 radical (unpaired) electrons. The van der Waals surface area contributed by atoms with E-state index in [9.17, 15) is 4.79 Å². The van der Waals surface area contributed by atoms with Gasteiger partial charge in [-0.2, -0.15) is 0 Å². The van der Waals surface area contributed by atoms with Crippen molar-refractivity contribution in [3.05, 3.63) is 95.0 Å². The van der Waals surface area contributed by atoms with Crippen LogP contribution >= 0.6 is 11.6 Å². The molecule has 0 aliphatic heterocycles. The molecule has 5 heteroatoms. The first-order chi connectivity index (χ1) is 12.7. The number of hydrogen-bond acceptors (Lipinski definition) is 3. The SMILES string of the molecule is O=C(C[C@H](c1ccccc1Cl)n1nnc2ccccc21)c1ccccc1. The van der Waals surface area contributed by atoms with E-state index in [-0.39, 0.29) is 18.2 Å². The number of ketones is 1. The van der Waals surface area contributed by atoms with Gasteiger partial charge in [-0.3, -0.25) is 4.79 Å². The topological polar surface area (TPSA) is 47.8 Å². The first-order valence-electron chi connectivity index (χ1n) is 8.36. The van der Waals surface area contributed by atoms with E-state index in [0.717, 1.165) is 16.6 Å². The molecule has 26 heavy (non-hydrogen) atoms. The summed E-state index contributed by atoms with van der Waals surface area (Å²) in [6.07, 6.45) is 0.251. The second-order valence-corrected chi connectivity index (χ2v) is 6.46. The zero-order valence-electron chi connectivity index (χ0n) is 13.9. The van der Waals surface area contributed by atoms with Gasteiger partial charge in [-0.05, 0) is 23.8 Å². The number of fused-ring (bicyclic) bond motifs is 1. The van der Waals surface area contributed by atoms with Crippen LogP contribution in [0.15, 0.2) is 78.9 Å². The highest BCUT2D eigenvalue weighted by atomic mass is 35.5. The van der Waals surface area contributed by atoms with E-state index in [1.165, 1.54) is 0 Å². The maximum absolute atomic E-state index is 12.9. The first kappa shape index (κ1) is 16.5. The molecule has 4 rings (SSSR count). The fourth-order valence-corrected chi connectivity index (χ4v) is 3.37. The molecule has 4 aromatic rings. The summed E-state index contributed by atoms with van der Waals surface area (Å²) < 4.78 is 1.79. The molecular formula is C21H16ClN3O. The normalized spacial score (nSPS) is 12.2. The van der Waals surface area contributed by atoms with Crippen LogP contribution in [0.5, 0.6) is 0 Å². The van der Waals surface area contributed by atoms with E-state index in [1.54, 1.807) is 4.68 Å². The Hall–Kier alpha value is -2.98. The highest BCUT2D eigenvalue weighted by Crippen LogP contribution is 2.31. The summed E-state index contributed by atoms with van der Waals surface area (Å²) in [5.74, 6) is 0.0371. The number of hydrogen-bond donors (Lipinski definition) is 0. The second-order valence-electron chi connectivity index (χ2n) is 6.05. The highest BCUT2D eigenvalue weighted by Gasteiger charge is 2.23. The van der Waals surface area contributed by atoms with Crippen molar-refractivity contribution in [2.45, 2.75) is 12.5 Å². The third-order valence-electron chi connectivity index (χ3n) is 4.41. The monoisotopic (exact) mass is 361 g/mol. The van der Waals surface area contributed by atoms with Crippen molar-refractivity contribution in [2.24, 2.45) is 0 Å². The van der Waals surface area contributed by atoms with Crippen molar-refractivity contribution in [3.8, 4) is 0 Å². The van der Waals surface area contributed by atoms with Gasteiger partial charge in [-0.15, -0.1) is 5.10 Å². The average Bonchev–Trinajstić information content (AvgIpc) is 3.11. The summed E-state index contributed by atoms with van der Waals surface area (Å²) in [6, 6.07) is 24.2. The zero-order valence-corrected chi connectivity index (χ0v) is 14.7. The number of carbonyl (C=O) groups is 1. The minimum absolute atomic E-state index is 0.0371. The van der Waals surface area contributed by atoms with E-state index < -0.39 is 0 Å². The minimum atomic E-state index is -0.330. The van der Waals surface area contributed by atoms with Crippen molar-refractivity contribution in [3.63, 3.8) is 0 Å². The third kappa shape index (κ3) is 3.11. The molecule has 0 N–H and O–H groups in total. The predicted molar refractivity (Wildman–Crippen MR) is 103 cm³/mol. The Balaban J connectivity index is 1.80. The molecule has 0 saturated heterocycles. The van der Waals surface area contributed by atoms with Crippen LogP contribution in [0.2, 0.25) is 5.02 Å². The third-order valence-corrected chi connectivity index (χ3v) is 4.76. The molecule has 4 nitrogen and oxygen atoms in total. The lowest BCUT2D eigenvalue weighted by molar-refractivity contribution is 0.0968. The second kappa shape index (κ2) is 7.10. The Morgan fingerprint density at radius 3 is 2.42 bits per heavy atom. The van der Waals surface area contributed by atoms with Crippen LogP contribution in [0.25, 0.3) is 11.0 Å². The largest absolute Gasteiger partial charge is 0.294 e. The quantitative estimate of drug-likeness (QED) is 0.473. The molecule has 0 bridgehead atoms. The van der Waals surface area contributed by atoms with Gasteiger partial charge in [0.2, 0.25) is 0 Å². The van der Waals surface area contributed by atoms with E-state index in [2.05, 4.69) is 10.3 Å². The number of rotatable bonds is 5. The molecule has 0 spiro atoms. The zero-order chi connectivity index (χ0) is 17.9. The van der Waals surface area contributed by atoms with E-state index >= 15 is 0 Å². The Bertz CT molecular complexity index is 1060. The van der Waals surface area contributed by atoms with Crippen molar-refractivity contribution < 1.29 is 4.79 Å². The Morgan fingerprint density at radius 2 is 1.62 bits per heavy atom. The Labute approximate surface area is 156 Å². The van der Waals surface area contributed by atoms with E-state index in [1.807, 2.05) is 78.9 Å². The number of benzene rings is 3. The Kier molecular flexibility index (Phi) is 4.50. The Morgan fingerprint density at radius 1 is 0.923 bits per heavy atom. The number of Topliss-reactive ketones (excluding diaryl/α,β-unsaturated/α-hetero) is 1. The fraction of sp³-hybridized carbons (Fsp3) is 0.0952. The molecule has 0 saturated carbocycles. The van der Waals surface area contributed by atoms with Gasteiger partial charge in [0.15, 0.2) is 5.78 Å². The molecule has 1 aromatic heterocycles. The fourth-order valence-electron chi connectivity index (χ4n) is 3.11. The molecule has 0 fully saturated rings. The van der Waals surface area contributed by atoms with Crippen molar-refractivity contribution in [1.82, 2.24) is 15.0 Å². The minimum Gasteiger partial charge on any atom is -0.294 e. The summed E-state index contributed by atoms with van der Waals surface area (Å²) in [5.41, 5.74) is 3.19. The number of aromatic nitrogens is 3. The van der Waals surface area contributed by atoms with Crippen LogP contribution in [0.1, 0.15) is 28.4 Å². The van der Waals surface area contributed by atoms with Crippen molar-refractivity contribution >= 4 is 28.4 Å².